The van der Waals surface area contributed by atoms with E-state index < -0.39 is 0 Å². The molecule has 0 amide bonds. The van der Waals surface area contributed by atoms with Crippen LogP contribution in [0, 0.1) is 0 Å². The van der Waals surface area contributed by atoms with Crippen LogP contribution in [0.3, 0.4) is 0 Å². The van der Waals surface area contributed by atoms with E-state index in [9.17, 15) is 0 Å². The second kappa shape index (κ2) is 9.03. The van der Waals surface area contributed by atoms with Crippen molar-refractivity contribution in [2.45, 2.75) is 5.88 Å². The van der Waals surface area contributed by atoms with E-state index in [1.807, 2.05) is 18.2 Å². The number of methoxy groups -OCH3 is 2. The summed E-state index contributed by atoms with van der Waals surface area (Å²) in [6, 6.07) is 5.63. The largest absolute Gasteiger partial charge is 0.493 e. The Morgan fingerprint density at radius 1 is 1.00 bits per heavy atom. The predicted octanol–water partition coefficient (Wildman–Crippen LogP) is 2.48. The summed E-state index contributed by atoms with van der Waals surface area (Å²) in [6.45, 7) is 2.13. The van der Waals surface area contributed by atoms with E-state index in [4.69, 9.17) is 30.5 Å². The Bertz CT molecular complexity index is 344. The first-order valence-corrected chi connectivity index (χ1v) is 6.27. The topological polar surface area (TPSA) is 36.9 Å². The van der Waals surface area contributed by atoms with Crippen molar-refractivity contribution >= 4 is 11.6 Å². The minimum absolute atomic E-state index is 0.449. The van der Waals surface area contributed by atoms with Crippen molar-refractivity contribution in [1.82, 2.24) is 0 Å². The van der Waals surface area contributed by atoms with Gasteiger partial charge in [0.1, 0.15) is 6.61 Å². The van der Waals surface area contributed by atoms with Gasteiger partial charge >= 0.3 is 0 Å². The molecule has 1 rings (SSSR count). The number of ether oxygens (including phenoxy) is 4. The van der Waals surface area contributed by atoms with Crippen LogP contribution in [-0.4, -0.2) is 40.6 Å². The van der Waals surface area contributed by atoms with Gasteiger partial charge in [0.2, 0.25) is 0 Å². The molecule has 0 atom stereocenters. The molecule has 1 aromatic rings. The van der Waals surface area contributed by atoms with Gasteiger partial charge in [-0.05, 0) is 17.7 Å². The van der Waals surface area contributed by atoms with E-state index in [-0.39, 0.29) is 0 Å². The minimum atomic E-state index is 0.449. The standard InChI is InChI=1S/C13H19ClO4/c1-15-5-6-17-7-8-18-13-9-11(10-14)3-4-12(13)16-2/h3-4,9H,5-8,10H2,1-2H3. The summed E-state index contributed by atoms with van der Waals surface area (Å²) in [5.74, 6) is 1.83. The molecule has 4 nitrogen and oxygen atoms in total. The second-order valence-electron chi connectivity index (χ2n) is 3.57. The number of alkyl halides is 1. The Kier molecular flexibility index (Phi) is 7.57. The molecule has 1 aromatic carbocycles. The molecule has 0 aliphatic carbocycles. The van der Waals surface area contributed by atoms with Crippen molar-refractivity contribution in [2.75, 3.05) is 40.6 Å². The Morgan fingerprint density at radius 3 is 2.44 bits per heavy atom. The number of benzene rings is 1. The van der Waals surface area contributed by atoms with E-state index in [1.165, 1.54) is 0 Å². The van der Waals surface area contributed by atoms with Gasteiger partial charge in [-0.3, -0.25) is 0 Å². The Labute approximate surface area is 113 Å². The van der Waals surface area contributed by atoms with Gasteiger partial charge in [0.15, 0.2) is 11.5 Å². The smallest absolute Gasteiger partial charge is 0.161 e. The van der Waals surface area contributed by atoms with Gasteiger partial charge in [-0.15, -0.1) is 11.6 Å². The van der Waals surface area contributed by atoms with Gasteiger partial charge in [-0.1, -0.05) is 6.07 Å². The van der Waals surface area contributed by atoms with Gasteiger partial charge in [0.25, 0.3) is 0 Å². The molecular weight excluding hydrogens is 256 g/mol. The van der Waals surface area contributed by atoms with Crippen LogP contribution < -0.4 is 9.47 Å². The first-order chi connectivity index (χ1) is 8.81. The maximum atomic E-state index is 5.78. The van der Waals surface area contributed by atoms with Crippen molar-refractivity contribution in [3.05, 3.63) is 23.8 Å². The highest BCUT2D eigenvalue weighted by Gasteiger charge is 2.05. The van der Waals surface area contributed by atoms with Crippen LogP contribution in [0.4, 0.5) is 0 Å². The van der Waals surface area contributed by atoms with E-state index in [0.29, 0.717) is 43.8 Å². The summed E-state index contributed by atoms with van der Waals surface area (Å²) in [7, 11) is 3.25. The zero-order chi connectivity index (χ0) is 13.2. The zero-order valence-electron chi connectivity index (χ0n) is 10.8. The molecule has 0 saturated carbocycles. The van der Waals surface area contributed by atoms with Crippen LogP contribution in [0.1, 0.15) is 5.56 Å². The van der Waals surface area contributed by atoms with Gasteiger partial charge in [0, 0.05) is 13.0 Å². The molecule has 0 saturated heterocycles. The second-order valence-corrected chi connectivity index (χ2v) is 3.84. The fourth-order valence-corrected chi connectivity index (χ4v) is 1.54. The summed E-state index contributed by atoms with van der Waals surface area (Å²) in [5, 5.41) is 0. The van der Waals surface area contributed by atoms with E-state index in [1.54, 1.807) is 14.2 Å². The van der Waals surface area contributed by atoms with Crippen LogP contribution in [0.2, 0.25) is 0 Å². The van der Waals surface area contributed by atoms with Gasteiger partial charge < -0.3 is 18.9 Å². The van der Waals surface area contributed by atoms with Gasteiger partial charge in [0.05, 0.1) is 26.9 Å². The van der Waals surface area contributed by atoms with Crippen LogP contribution in [0.5, 0.6) is 11.5 Å². The minimum Gasteiger partial charge on any atom is -0.493 e. The van der Waals surface area contributed by atoms with Gasteiger partial charge in [-0.2, -0.15) is 0 Å². The SMILES string of the molecule is COCCOCCOc1cc(CCl)ccc1OC. The fourth-order valence-electron chi connectivity index (χ4n) is 1.37. The van der Waals surface area contributed by atoms with Crippen molar-refractivity contribution in [2.24, 2.45) is 0 Å². The third-order valence-corrected chi connectivity index (χ3v) is 2.61. The molecule has 18 heavy (non-hydrogen) atoms. The highest BCUT2D eigenvalue weighted by molar-refractivity contribution is 6.17. The highest BCUT2D eigenvalue weighted by Crippen LogP contribution is 2.28. The van der Waals surface area contributed by atoms with Crippen LogP contribution in [-0.2, 0) is 15.4 Å². The molecule has 0 bridgehead atoms. The number of hydrogen-bond donors (Lipinski definition) is 0. The average molecular weight is 275 g/mol. The first-order valence-electron chi connectivity index (χ1n) is 5.74. The van der Waals surface area contributed by atoms with Crippen molar-refractivity contribution in [3.8, 4) is 11.5 Å². The monoisotopic (exact) mass is 274 g/mol. The summed E-state index contributed by atoms with van der Waals surface area (Å²) in [4.78, 5) is 0. The maximum Gasteiger partial charge on any atom is 0.161 e. The Morgan fingerprint density at radius 2 is 1.78 bits per heavy atom. The van der Waals surface area contributed by atoms with Gasteiger partial charge in [-0.25, -0.2) is 0 Å². The van der Waals surface area contributed by atoms with Crippen molar-refractivity contribution < 1.29 is 18.9 Å². The van der Waals surface area contributed by atoms with E-state index in [2.05, 4.69) is 0 Å². The fraction of sp³-hybridized carbons (Fsp3) is 0.538. The molecule has 0 heterocycles. The number of hydrogen-bond acceptors (Lipinski definition) is 4. The molecule has 0 aliphatic rings. The summed E-state index contributed by atoms with van der Waals surface area (Å²) in [5.41, 5.74) is 0.993. The van der Waals surface area contributed by atoms with Crippen molar-refractivity contribution in [1.29, 1.82) is 0 Å². The molecule has 0 spiro atoms. The van der Waals surface area contributed by atoms with Crippen LogP contribution in [0.15, 0.2) is 18.2 Å². The molecule has 102 valence electrons. The quantitative estimate of drug-likeness (QED) is 0.512. The molecule has 0 N–H and O–H groups in total. The molecule has 0 aliphatic heterocycles. The Balaban J connectivity index is 2.39. The van der Waals surface area contributed by atoms with E-state index >= 15 is 0 Å². The number of rotatable bonds is 9. The summed E-state index contributed by atoms with van der Waals surface area (Å²) in [6.07, 6.45) is 0. The lowest BCUT2D eigenvalue weighted by molar-refractivity contribution is 0.0540. The first kappa shape index (κ1) is 15.1. The van der Waals surface area contributed by atoms with Crippen LogP contribution >= 0.6 is 11.6 Å². The Hall–Kier alpha value is -0.970. The predicted molar refractivity (Wildman–Crippen MR) is 70.7 cm³/mol. The summed E-state index contributed by atoms with van der Waals surface area (Å²) >= 11 is 5.78. The van der Waals surface area contributed by atoms with E-state index in [0.717, 1.165) is 5.56 Å². The molecule has 0 radical (unpaired) electrons. The lowest BCUT2D eigenvalue weighted by Crippen LogP contribution is -2.10. The molecular formula is C13H19ClO4. The number of halogens is 1. The molecule has 0 unspecified atom stereocenters. The average Bonchev–Trinajstić information content (AvgIpc) is 2.42. The highest BCUT2D eigenvalue weighted by atomic mass is 35.5. The third kappa shape index (κ3) is 5.12. The normalized spacial score (nSPS) is 10.4. The third-order valence-electron chi connectivity index (χ3n) is 2.30. The lowest BCUT2D eigenvalue weighted by atomic mass is 10.2. The van der Waals surface area contributed by atoms with Crippen LogP contribution in [0.25, 0.3) is 0 Å². The summed E-state index contributed by atoms with van der Waals surface area (Å²) < 4.78 is 21.0. The zero-order valence-corrected chi connectivity index (χ0v) is 11.5. The maximum absolute atomic E-state index is 5.78. The lowest BCUT2D eigenvalue weighted by Gasteiger charge is -2.11. The van der Waals surface area contributed by atoms with Crippen molar-refractivity contribution in [3.63, 3.8) is 0 Å². The molecule has 0 fully saturated rings. The molecule has 5 heteroatoms. The molecule has 0 aromatic heterocycles.